The lowest BCUT2D eigenvalue weighted by molar-refractivity contribution is -0.132. The predicted octanol–water partition coefficient (Wildman–Crippen LogP) is 3.25. The smallest absolute Gasteiger partial charge is 0.236 e. The first-order chi connectivity index (χ1) is 13.2. The molecular formula is C19H20N6OS. The molecule has 4 rings (SSSR count). The summed E-state index contributed by atoms with van der Waals surface area (Å²) in [5.41, 5.74) is 2.77. The van der Waals surface area contributed by atoms with E-state index < -0.39 is 0 Å². The number of nitriles is 1. The van der Waals surface area contributed by atoms with Gasteiger partial charge in [0.1, 0.15) is 17.1 Å². The third-order valence-electron chi connectivity index (χ3n) is 4.84. The highest BCUT2D eigenvalue weighted by atomic mass is 32.1. The van der Waals surface area contributed by atoms with Gasteiger partial charge in [-0.15, -0.1) is 11.3 Å². The van der Waals surface area contributed by atoms with Gasteiger partial charge in [0.05, 0.1) is 17.3 Å². The van der Waals surface area contributed by atoms with Crippen molar-refractivity contribution in [2.24, 2.45) is 5.92 Å². The van der Waals surface area contributed by atoms with Crippen molar-refractivity contribution in [1.29, 1.82) is 5.26 Å². The number of likely N-dealkylation sites (tertiary alicyclic amines) is 1. The molecule has 0 unspecified atom stereocenters. The molecule has 3 aromatic heterocycles. The summed E-state index contributed by atoms with van der Waals surface area (Å²) in [6.45, 7) is 3.44. The highest BCUT2D eigenvalue weighted by Gasteiger charge is 2.28. The number of hydrogen-bond donors (Lipinski definition) is 2. The van der Waals surface area contributed by atoms with Gasteiger partial charge in [0.25, 0.3) is 0 Å². The van der Waals surface area contributed by atoms with E-state index in [0.717, 1.165) is 33.7 Å². The number of carbonyl (C=O) groups excluding carboxylic acids is 1. The molecule has 0 spiro atoms. The molecule has 3 aromatic rings. The van der Waals surface area contributed by atoms with Gasteiger partial charge in [-0.1, -0.05) is 6.92 Å². The van der Waals surface area contributed by atoms with E-state index in [1.54, 1.807) is 22.4 Å². The number of anilines is 1. The van der Waals surface area contributed by atoms with Crippen LogP contribution in [0.1, 0.15) is 19.8 Å². The Kier molecular flexibility index (Phi) is 4.77. The third kappa shape index (κ3) is 3.51. The molecule has 27 heavy (non-hydrogen) atoms. The first-order valence-electron chi connectivity index (χ1n) is 8.93. The fraction of sp³-hybridized carbons (Fsp3) is 0.368. The summed E-state index contributed by atoms with van der Waals surface area (Å²) in [4.78, 5) is 26.1. The largest absolute Gasteiger partial charge is 0.379 e. The van der Waals surface area contributed by atoms with Crippen LogP contribution in [0.2, 0.25) is 0 Å². The minimum atomic E-state index is -0.0995. The maximum atomic E-state index is 12.2. The number of pyridine rings is 1. The topological polar surface area (TPSA) is 97.7 Å². The van der Waals surface area contributed by atoms with E-state index in [4.69, 9.17) is 5.26 Å². The molecule has 0 radical (unpaired) electrons. The van der Waals surface area contributed by atoms with Crippen LogP contribution in [0.3, 0.4) is 0 Å². The van der Waals surface area contributed by atoms with Gasteiger partial charge in [-0.2, -0.15) is 5.26 Å². The maximum absolute atomic E-state index is 12.2. The SMILES string of the molecule is C[C@H]1C[C@@H](Nc2c(-c3nccs3)cnc3[nH]ccc23)CN(C(=O)CC#N)C1. The number of nitrogens with one attached hydrogen (secondary N) is 2. The number of hydrogen-bond acceptors (Lipinski definition) is 6. The molecule has 0 bridgehead atoms. The molecule has 4 heterocycles. The first-order valence-corrected chi connectivity index (χ1v) is 9.81. The van der Waals surface area contributed by atoms with Gasteiger partial charge in [-0.25, -0.2) is 9.97 Å². The number of piperidine rings is 1. The fourth-order valence-electron chi connectivity index (χ4n) is 3.73. The molecule has 7 nitrogen and oxygen atoms in total. The third-order valence-corrected chi connectivity index (χ3v) is 5.65. The monoisotopic (exact) mass is 380 g/mol. The highest BCUT2D eigenvalue weighted by molar-refractivity contribution is 7.13. The maximum Gasteiger partial charge on any atom is 0.236 e. The Hall–Kier alpha value is -2.92. The van der Waals surface area contributed by atoms with Crippen LogP contribution in [0.4, 0.5) is 5.69 Å². The lowest BCUT2D eigenvalue weighted by atomic mass is 9.95. The molecule has 1 fully saturated rings. The van der Waals surface area contributed by atoms with Gasteiger partial charge in [0, 0.05) is 48.5 Å². The van der Waals surface area contributed by atoms with Gasteiger partial charge in [-0.3, -0.25) is 4.79 Å². The van der Waals surface area contributed by atoms with Crippen LogP contribution in [-0.2, 0) is 4.79 Å². The van der Waals surface area contributed by atoms with Gasteiger partial charge in [0.15, 0.2) is 0 Å². The predicted molar refractivity (Wildman–Crippen MR) is 105 cm³/mol. The number of H-pyrrole nitrogens is 1. The normalized spacial score (nSPS) is 19.8. The average molecular weight is 380 g/mol. The molecule has 1 saturated heterocycles. The second kappa shape index (κ2) is 7.37. The van der Waals surface area contributed by atoms with Gasteiger partial charge in [0.2, 0.25) is 5.91 Å². The van der Waals surface area contributed by atoms with E-state index in [9.17, 15) is 4.79 Å². The molecular weight excluding hydrogens is 360 g/mol. The van der Waals surface area contributed by atoms with Crippen molar-refractivity contribution in [2.45, 2.75) is 25.8 Å². The molecule has 1 aliphatic heterocycles. The van der Waals surface area contributed by atoms with Crippen LogP contribution in [0, 0.1) is 17.2 Å². The van der Waals surface area contributed by atoms with Crippen LogP contribution in [-0.4, -0.2) is 44.9 Å². The Morgan fingerprint density at radius 3 is 3.15 bits per heavy atom. The first kappa shape index (κ1) is 17.5. The second-order valence-electron chi connectivity index (χ2n) is 6.94. The molecule has 0 saturated carbocycles. The molecule has 1 aliphatic rings. The number of aromatic amines is 1. The van der Waals surface area contributed by atoms with E-state index in [1.807, 2.05) is 29.9 Å². The number of aromatic nitrogens is 3. The number of thiazole rings is 1. The molecule has 0 aromatic carbocycles. The number of amides is 1. The summed E-state index contributed by atoms with van der Waals surface area (Å²) in [5, 5.41) is 16.4. The fourth-order valence-corrected chi connectivity index (χ4v) is 4.38. The molecule has 0 aliphatic carbocycles. The van der Waals surface area contributed by atoms with Crippen LogP contribution >= 0.6 is 11.3 Å². The molecule has 8 heteroatoms. The van der Waals surface area contributed by atoms with Crippen LogP contribution < -0.4 is 5.32 Å². The zero-order valence-corrected chi connectivity index (χ0v) is 15.8. The van der Waals surface area contributed by atoms with E-state index in [-0.39, 0.29) is 18.4 Å². The quantitative estimate of drug-likeness (QED) is 0.724. The number of nitrogens with zero attached hydrogens (tertiary/aromatic N) is 4. The van der Waals surface area contributed by atoms with Crippen LogP contribution in [0.25, 0.3) is 21.6 Å². The number of carbonyl (C=O) groups is 1. The molecule has 2 atom stereocenters. The Balaban J connectivity index is 1.66. The highest BCUT2D eigenvalue weighted by Crippen LogP contribution is 2.35. The molecule has 1 amide bonds. The number of rotatable bonds is 4. The summed E-state index contributed by atoms with van der Waals surface area (Å²) in [7, 11) is 0. The van der Waals surface area contributed by atoms with Crippen LogP contribution in [0.5, 0.6) is 0 Å². The summed E-state index contributed by atoms with van der Waals surface area (Å²) in [5.74, 6) is 0.267. The van der Waals surface area contributed by atoms with Crippen molar-refractivity contribution in [1.82, 2.24) is 19.9 Å². The van der Waals surface area contributed by atoms with Crippen molar-refractivity contribution in [2.75, 3.05) is 18.4 Å². The lowest BCUT2D eigenvalue weighted by Crippen LogP contribution is -2.48. The lowest BCUT2D eigenvalue weighted by Gasteiger charge is -2.37. The second-order valence-corrected chi connectivity index (χ2v) is 7.83. The summed E-state index contributed by atoms with van der Waals surface area (Å²) >= 11 is 1.57. The summed E-state index contributed by atoms with van der Waals surface area (Å²) in [6.07, 6.45) is 6.39. The minimum Gasteiger partial charge on any atom is -0.379 e. The van der Waals surface area contributed by atoms with Crippen molar-refractivity contribution >= 4 is 34.0 Å². The minimum absolute atomic E-state index is 0.0683. The Morgan fingerprint density at radius 1 is 1.48 bits per heavy atom. The van der Waals surface area contributed by atoms with E-state index in [1.165, 1.54) is 0 Å². The van der Waals surface area contributed by atoms with E-state index in [2.05, 4.69) is 27.2 Å². The van der Waals surface area contributed by atoms with Gasteiger partial charge >= 0.3 is 0 Å². The van der Waals surface area contributed by atoms with Crippen LogP contribution in [0.15, 0.2) is 30.0 Å². The zero-order valence-electron chi connectivity index (χ0n) is 15.0. The summed E-state index contributed by atoms with van der Waals surface area (Å²) < 4.78 is 0. The van der Waals surface area contributed by atoms with Gasteiger partial charge in [-0.05, 0) is 18.4 Å². The molecule has 138 valence electrons. The van der Waals surface area contributed by atoms with Crippen molar-refractivity contribution in [3.05, 3.63) is 30.0 Å². The Bertz CT molecular complexity index is 989. The van der Waals surface area contributed by atoms with Gasteiger partial charge < -0.3 is 15.2 Å². The average Bonchev–Trinajstić information content (AvgIpc) is 3.33. The van der Waals surface area contributed by atoms with Crippen molar-refractivity contribution in [3.63, 3.8) is 0 Å². The van der Waals surface area contributed by atoms with Crippen molar-refractivity contribution in [3.8, 4) is 16.6 Å². The van der Waals surface area contributed by atoms with Crippen molar-refractivity contribution < 1.29 is 4.79 Å². The standard InChI is InChI=1S/C19H20N6OS/c1-12-8-13(11-25(10-12)16(26)2-4-20)24-17-14-3-5-21-18(14)23-9-15(17)19-22-6-7-27-19/h3,5-7,9,12-13H,2,8,10-11H2,1H3,(H2,21,23,24)/t12-,13+/m0/s1. The zero-order chi connectivity index (χ0) is 18.8. The Labute approximate surface area is 161 Å². The van der Waals surface area contributed by atoms with E-state index >= 15 is 0 Å². The number of fused-ring (bicyclic) bond motifs is 1. The molecule has 2 N–H and O–H groups in total. The summed E-state index contributed by atoms with van der Waals surface area (Å²) in [6, 6.07) is 4.08. The van der Waals surface area contributed by atoms with E-state index in [0.29, 0.717) is 19.0 Å². The Morgan fingerprint density at radius 2 is 2.37 bits per heavy atom.